The summed E-state index contributed by atoms with van der Waals surface area (Å²) in [6.45, 7) is 1.77. The van der Waals surface area contributed by atoms with E-state index in [2.05, 4.69) is 15.0 Å². The first-order chi connectivity index (χ1) is 12.0. The summed E-state index contributed by atoms with van der Waals surface area (Å²) < 4.78 is 1.73. The minimum absolute atomic E-state index is 0.263. The second-order valence-corrected chi connectivity index (χ2v) is 8.71. The van der Waals surface area contributed by atoms with Crippen LogP contribution in [0.4, 0.5) is 5.95 Å². The van der Waals surface area contributed by atoms with Gasteiger partial charge in [-0.2, -0.15) is 4.68 Å². The molecule has 2 heterocycles. The molecule has 0 spiro atoms. The third-order valence-electron chi connectivity index (χ3n) is 7.01. The number of carbonyl (C=O) groups excluding carboxylic acids is 1. The Morgan fingerprint density at radius 3 is 2.48 bits per heavy atom. The fourth-order valence-electron chi connectivity index (χ4n) is 6.55. The first-order valence-electron chi connectivity index (χ1n) is 9.36. The topological polar surface area (TPSA) is 94.2 Å². The van der Waals surface area contributed by atoms with Gasteiger partial charge in [0, 0.05) is 18.2 Å². The molecule has 4 aliphatic carbocycles. The molecule has 25 heavy (non-hydrogen) atoms. The number of amides is 1. The zero-order valence-corrected chi connectivity index (χ0v) is 14.3. The van der Waals surface area contributed by atoms with E-state index in [1.807, 2.05) is 0 Å². The van der Waals surface area contributed by atoms with Crippen molar-refractivity contribution < 1.29 is 9.72 Å². The Kier molecular flexibility index (Phi) is 3.07. The van der Waals surface area contributed by atoms with E-state index in [9.17, 15) is 14.9 Å². The fourth-order valence-corrected chi connectivity index (χ4v) is 6.55. The molecule has 8 nitrogen and oxygen atoms in total. The number of aromatic nitrogens is 3. The number of nitro groups is 1. The second kappa shape index (κ2) is 5.02. The lowest BCUT2D eigenvalue weighted by Crippen LogP contribution is -2.61. The molecule has 0 unspecified atom stereocenters. The fraction of sp³-hybridized carbons (Fsp3) is 0.824. The van der Waals surface area contributed by atoms with Crippen LogP contribution < -0.4 is 0 Å². The monoisotopic (exact) mass is 345 g/mol. The summed E-state index contributed by atoms with van der Waals surface area (Å²) in [5, 5.41) is 15.2. The molecule has 0 N–H and O–H groups in total. The molecular formula is C17H23N5O3. The Morgan fingerprint density at radius 2 is 1.88 bits per heavy atom. The zero-order chi connectivity index (χ0) is 17.2. The molecule has 5 fully saturated rings. The van der Waals surface area contributed by atoms with Crippen LogP contribution in [0.25, 0.3) is 0 Å². The van der Waals surface area contributed by atoms with Crippen LogP contribution in [-0.4, -0.2) is 43.6 Å². The molecule has 134 valence electrons. The second-order valence-electron chi connectivity index (χ2n) is 8.71. The van der Waals surface area contributed by atoms with Crippen LogP contribution in [0, 0.1) is 27.4 Å². The Morgan fingerprint density at radius 1 is 1.20 bits per heavy atom. The van der Waals surface area contributed by atoms with E-state index in [0.717, 1.165) is 58.0 Å². The van der Waals surface area contributed by atoms with Crippen molar-refractivity contribution in [1.82, 2.24) is 19.7 Å². The summed E-state index contributed by atoms with van der Waals surface area (Å²) in [6.07, 6.45) is 9.59. The first-order valence-corrected chi connectivity index (χ1v) is 9.36. The van der Waals surface area contributed by atoms with Gasteiger partial charge in [0.25, 0.3) is 0 Å². The Labute approximate surface area is 145 Å². The molecule has 1 saturated heterocycles. The van der Waals surface area contributed by atoms with Crippen molar-refractivity contribution in [2.75, 3.05) is 13.1 Å². The van der Waals surface area contributed by atoms with E-state index in [1.54, 1.807) is 4.68 Å². The van der Waals surface area contributed by atoms with Gasteiger partial charge in [-0.25, -0.2) is 0 Å². The van der Waals surface area contributed by atoms with Gasteiger partial charge in [-0.1, -0.05) is 4.98 Å². The van der Waals surface area contributed by atoms with Crippen LogP contribution in [0.3, 0.4) is 0 Å². The van der Waals surface area contributed by atoms with E-state index < -0.39 is 4.92 Å². The predicted molar refractivity (Wildman–Crippen MR) is 87.6 cm³/mol. The number of rotatable bonds is 3. The van der Waals surface area contributed by atoms with Crippen LogP contribution in [0.1, 0.15) is 51.4 Å². The van der Waals surface area contributed by atoms with Gasteiger partial charge in [0.1, 0.15) is 0 Å². The summed E-state index contributed by atoms with van der Waals surface area (Å²) in [5.41, 5.74) is -0.546. The largest absolute Gasteiger partial charge is 0.490 e. The molecule has 2 atom stereocenters. The Balaban J connectivity index is 1.51. The minimum Gasteiger partial charge on any atom is -0.390 e. The molecule has 1 amide bonds. The van der Waals surface area contributed by atoms with E-state index in [-0.39, 0.29) is 16.9 Å². The van der Waals surface area contributed by atoms with E-state index >= 15 is 0 Å². The highest BCUT2D eigenvalue weighted by molar-refractivity contribution is 5.83. The van der Waals surface area contributed by atoms with E-state index in [1.165, 1.54) is 12.7 Å². The molecule has 8 heteroatoms. The quantitative estimate of drug-likeness (QED) is 0.618. The maximum atomic E-state index is 13.4. The Hall–Kier alpha value is -1.99. The van der Waals surface area contributed by atoms with Crippen molar-refractivity contribution >= 4 is 11.9 Å². The summed E-state index contributed by atoms with van der Waals surface area (Å²) in [4.78, 5) is 29.7. The average molecular weight is 345 g/mol. The van der Waals surface area contributed by atoms with Gasteiger partial charge in [-0.05, 0) is 68.1 Å². The van der Waals surface area contributed by atoms with Gasteiger partial charge >= 0.3 is 5.95 Å². The van der Waals surface area contributed by atoms with Gasteiger partial charge in [-0.3, -0.25) is 4.79 Å². The molecular weight excluding hydrogens is 322 g/mol. The molecule has 6 rings (SSSR count). The van der Waals surface area contributed by atoms with Crippen molar-refractivity contribution in [3.05, 3.63) is 16.4 Å². The highest BCUT2D eigenvalue weighted by Gasteiger charge is 2.63. The maximum Gasteiger partial charge on any atom is 0.490 e. The van der Waals surface area contributed by atoms with Gasteiger partial charge in [0.05, 0.1) is 11.0 Å². The molecule has 0 radical (unpaired) electrons. The lowest BCUT2D eigenvalue weighted by molar-refractivity contribution is -0.394. The number of hydrogen-bond donors (Lipinski definition) is 0. The number of hydrogen-bond acceptors (Lipinski definition) is 5. The Bertz CT molecular complexity index is 724. The van der Waals surface area contributed by atoms with Crippen LogP contribution in [0.2, 0.25) is 0 Å². The molecule has 4 saturated carbocycles. The number of nitrogens with zero attached hydrogens (tertiary/aromatic N) is 5. The average Bonchev–Trinajstić information content (AvgIpc) is 3.25. The molecule has 0 aromatic carbocycles. The number of carbonyl (C=O) groups is 1. The van der Waals surface area contributed by atoms with Crippen molar-refractivity contribution in [3.63, 3.8) is 0 Å². The maximum absolute atomic E-state index is 13.4. The smallest absolute Gasteiger partial charge is 0.390 e. The van der Waals surface area contributed by atoms with E-state index in [4.69, 9.17) is 0 Å². The molecule has 1 aromatic heterocycles. The lowest BCUT2D eigenvalue weighted by Gasteiger charge is -2.60. The standard InChI is InChI=1S/C17H23N5O3/c23-14(20-3-1-2-4-20)16-6-12-5-13(7-16)9-17(8-12,10-16)21-11-18-15(19-21)22(24)25/h11-13H,1-10H2/t12-,13-,16?,17?/m0/s1. The highest BCUT2D eigenvalue weighted by atomic mass is 16.6. The van der Waals surface area contributed by atoms with E-state index in [0.29, 0.717) is 17.7 Å². The summed E-state index contributed by atoms with van der Waals surface area (Å²) in [5.74, 6) is 1.04. The highest BCUT2D eigenvalue weighted by Crippen LogP contribution is 2.64. The van der Waals surface area contributed by atoms with Crippen LogP contribution in [-0.2, 0) is 10.3 Å². The minimum atomic E-state index is -0.540. The van der Waals surface area contributed by atoms with Gasteiger partial charge in [-0.15, -0.1) is 0 Å². The molecule has 4 bridgehead atoms. The summed E-state index contributed by atoms with van der Waals surface area (Å²) in [6, 6.07) is 0. The molecule has 5 aliphatic rings. The van der Waals surface area contributed by atoms with Crippen molar-refractivity contribution in [2.24, 2.45) is 17.3 Å². The normalized spacial score (nSPS) is 39.1. The van der Waals surface area contributed by atoms with Gasteiger partial charge in [0.15, 0.2) is 0 Å². The van der Waals surface area contributed by atoms with Crippen molar-refractivity contribution in [2.45, 2.75) is 56.9 Å². The van der Waals surface area contributed by atoms with Crippen LogP contribution in [0.5, 0.6) is 0 Å². The predicted octanol–water partition coefficient (Wildman–Crippen LogP) is 2.10. The zero-order valence-electron chi connectivity index (χ0n) is 14.3. The van der Waals surface area contributed by atoms with Crippen molar-refractivity contribution in [1.29, 1.82) is 0 Å². The third kappa shape index (κ3) is 2.15. The third-order valence-corrected chi connectivity index (χ3v) is 7.01. The van der Waals surface area contributed by atoms with Crippen LogP contribution in [0.15, 0.2) is 6.33 Å². The van der Waals surface area contributed by atoms with Crippen LogP contribution >= 0.6 is 0 Å². The summed E-state index contributed by atoms with van der Waals surface area (Å²) in [7, 11) is 0. The molecule has 1 aliphatic heterocycles. The van der Waals surface area contributed by atoms with Gasteiger partial charge in [0.2, 0.25) is 12.2 Å². The summed E-state index contributed by atoms with van der Waals surface area (Å²) >= 11 is 0. The first kappa shape index (κ1) is 15.3. The SMILES string of the molecule is O=C(N1CCCC1)C12C[C@@H]3C[C@@H](C1)CC(n1cnc([N+](=O)[O-])n1)(C3)C2. The van der Waals surface area contributed by atoms with Gasteiger partial charge < -0.3 is 15.0 Å². The lowest BCUT2D eigenvalue weighted by atomic mass is 9.46. The van der Waals surface area contributed by atoms with Crippen molar-refractivity contribution in [3.8, 4) is 0 Å². The molecule has 1 aromatic rings. The number of likely N-dealkylation sites (tertiary alicyclic amines) is 1.